The van der Waals surface area contributed by atoms with Gasteiger partial charge in [-0.25, -0.2) is 4.39 Å². The standard InChI is InChI=1S/C10H12FNO/c1-7-3-4-9(5-10(7)11)8(2)12-6-13/h3-6,8H,1-2H3,(H,12,13). The van der Waals surface area contributed by atoms with Gasteiger partial charge in [-0.05, 0) is 31.0 Å². The SMILES string of the molecule is Cc1ccc(C(C)NC=O)cc1F. The summed E-state index contributed by atoms with van der Waals surface area (Å²) in [5.41, 5.74) is 1.39. The highest BCUT2D eigenvalue weighted by molar-refractivity contribution is 5.47. The lowest BCUT2D eigenvalue weighted by Gasteiger charge is -2.10. The lowest BCUT2D eigenvalue weighted by Crippen LogP contribution is -2.16. The Morgan fingerprint density at radius 3 is 2.77 bits per heavy atom. The van der Waals surface area contributed by atoms with Gasteiger partial charge in [0.05, 0.1) is 6.04 Å². The lowest BCUT2D eigenvalue weighted by molar-refractivity contribution is -0.110. The summed E-state index contributed by atoms with van der Waals surface area (Å²) in [6.07, 6.45) is 0.614. The molecule has 0 aromatic heterocycles. The molecule has 1 atom stereocenters. The zero-order valence-electron chi connectivity index (χ0n) is 7.67. The number of nitrogens with one attached hydrogen (secondary N) is 1. The third-order valence-electron chi connectivity index (χ3n) is 2.01. The van der Waals surface area contributed by atoms with E-state index < -0.39 is 0 Å². The van der Waals surface area contributed by atoms with Crippen molar-refractivity contribution >= 4 is 6.41 Å². The van der Waals surface area contributed by atoms with Gasteiger partial charge in [0, 0.05) is 0 Å². The van der Waals surface area contributed by atoms with Gasteiger partial charge in [0.2, 0.25) is 6.41 Å². The van der Waals surface area contributed by atoms with Crippen molar-refractivity contribution in [1.82, 2.24) is 5.32 Å². The van der Waals surface area contributed by atoms with Crippen LogP contribution in [0.4, 0.5) is 4.39 Å². The first kappa shape index (κ1) is 9.71. The number of amides is 1. The second-order valence-electron chi connectivity index (χ2n) is 3.01. The third-order valence-corrected chi connectivity index (χ3v) is 2.01. The predicted octanol–water partition coefficient (Wildman–Crippen LogP) is 1.94. The first-order valence-corrected chi connectivity index (χ1v) is 4.11. The average Bonchev–Trinajstić information content (AvgIpc) is 2.10. The molecule has 1 aromatic carbocycles. The van der Waals surface area contributed by atoms with Gasteiger partial charge in [-0.2, -0.15) is 0 Å². The normalized spacial score (nSPS) is 12.2. The van der Waals surface area contributed by atoms with Crippen molar-refractivity contribution in [1.29, 1.82) is 0 Å². The molecular weight excluding hydrogens is 169 g/mol. The quantitative estimate of drug-likeness (QED) is 0.709. The van der Waals surface area contributed by atoms with Crippen LogP contribution >= 0.6 is 0 Å². The number of halogens is 1. The van der Waals surface area contributed by atoms with Crippen LogP contribution in [0.25, 0.3) is 0 Å². The lowest BCUT2D eigenvalue weighted by atomic mass is 10.1. The van der Waals surface area contributed by atoms with Gasteiger partial charge in [0.15, 0.2) is 0 Å². The minimum atomic E-state index is -0.239. The molecule has 1 unspecified atom stereocenters. The summed E-state index contributed by atoms with van der Waals surface area (Å²) in [5.74, 6) is -0.239. The fourth-order valence-corrected chi connectivity index (χ4v) is 1.08. The van der Waals surface area contributed by atoms with E-state index in [1.54, 1.807) is 26.0 Å². The van der Waals surface area contributed by atoms with E-state index in [1.165, 1.54) is 6.07 Å². The van der Waals surface area contributed by atoms with Gasteiger partial charge in [0.25, 0.3) is 0 Å². The van der Waals surface area contributed by atoms with Crippen LogP contribution < -0.4 is 5.32 Å². The van der Waals surface area contributed by atoms with Crippen LogP contribution in [0.5, 0.6) is 0 Å². The maximum Gasteiger partial charge on any atom is 0.207 e. The van der Waals surface area contributed by atoms with Crippen LogP contribution in [0.1, 0.15) is 24.1 Å². The van der Waals surface area contributed by atoms with Gasteiger partial charge >= 0.3 is 0 Å². The first-order valence-electron chi connectivity index (χ1n) is 4.11. The first-order chi connectivity index (χ1) is 6.15. The van der Waals surface area contributed by atoms with Crippen molar-refractivity contribution in [2.75, 3.05) is 0 Å². The Balaban J connectivity index is 2.89. The molecule has 1 N–H and O–H groups in total. The fraction of sp³-hybridized carbons (Fsp3) is 0.300. The minimum absolute atomic E-state index is 0.146. The molecule has 0 aliphatic carbocycles. The molecule has 3 heteroatoms. The molecule has 1 rings (SSSR count). The number of carbonyl (C=O) groups excluding carboxylic acids is 1. The van der Waals surface area contributed by atoms with Crippen LogP contribution in [0.2, 0.25) is 0 Å². The number of hydrogen-bond donors (Lipinski definition) is 1. The average molecular weight is 181 g/mol. The van der Waals surface area contributed by atoms with E-state index in [-0.39, 0.29) is 11.9 Å². The van der Waals surface area contributed by atoms with E-state index in [1.807, 2.05) is 0 Å². The van der Waals surface area contributed by atoms with E-state index in [2.05, 4.69) is 5.32 Å². The molecule has 2 nitrogen and oxygen atoms in total. The Kier molecular flexibility index (Phi) is 3.01. The molecule has 0 radical (unpaired) electrons. The summed E-state index contributed by atoms with van der Waals surface area (Å²) in [7, 11) is 0. The Morgan fingerprint density at radius 2 is 2.23 bits per heavy atom. The summed E-state index contributed by atoms with van der Waals surface area (Å²) in [6.45, 7) is 3.51. The molecule has 0 spiro atoms. The van der Waals surface area contributed by atoms with Crippen molar-refractivity contribution in [2.45, 2.75) is 19.9 Å². The highest BCUT2D eigenvalue weighted by Gasteiger charge is 2.05. The van der Waals surface area contributed by atoms with Crippen molar-refractivity contribution in [2.24, 2.45) is 0 Å². The van der Waals surface area contributed by atoms with E-state index in [9.17, 15) is 9.18 Å². The largest absolute Gasteiger partial charge is 0.352 e. The Morgan fingerprint density at radius 1 is 1.54 bits per heavy atom. The summed E-state index contributed by atoms with van der Waals surface area (Å²) >= 11 is 0. The Bertz CT molecular complexity index is 312. The topological polar surface area (TPSA) is 29.1 Å². The van der Waals surface area contributed by atoms with Gasteiger partial charge < -0.3 is 5.32 Å². The van der Waals surface area contributed by atoms with E-state index >= 15 is 0 Å². The van der Waals surface area contributed by atoms with Crippen molar-refractivity contribution in [3.05, 3.63) is 35.1 Å². The van der Waals surface area contributed by atoms with E-state index in [4.69, 9.17) is 0 Å². The molecule has 0 saturated carbocycles. The molecule has 1 aromatic rings. The van der Waals surface area contributed by atoms with Crippen LogP contribution in [0, 0.1) is 12.7 Å². The van der Waals surface area contributed by atoms with Gasteiger partial charge in [-0.3, -0.25) is 4.79 Å². The fourth-order valence-electron chi connectivity index (χ4n) is 1.08. The second-order valence-corrected chi connectivity index (χ2v) is 3.01. The summed E-state index contributed by atoms with van der Waals surface area (Å²) in [5, 5.41) is 2.56. The summed E-state index contributed by atoms with van der Waals surface area (Å²) in [4.78, 5) is 10.1. The van der Waals surface area contributed by atoms with Crippen LogP contribution in [0.3, 0.4) is 0 Å². The predicted molar refractivity (Wildman–Crippen MR) is 48.8 cm³/mol. The number of rotatable bonds is 3. The molecular formula is C10H12FNO. The maximum absolute atomic E-state index is 13.1. The minimum Gasteiger partial charge on any atom is -0.352 e. The summed E-state index contributed by atoms with van der Waals surface area (Å²) in [6, 6.07) is 4.80. The maximum atomic E-state index is 13.1. The zero-order valence-corrected chi connectivity index (χ0v) is 7.67. The van der Waals surface area contributed by atoms with Crippen molar-refractivity contribution in [3.8, 4) is 0 Å². The highest BCUT2D eigenvalue weighted by Crippen LogP contribution is 2.15. The molecule has 1 amide bonds. The molecule has 0 aliphatic heterocycles. The molecule has 0 saturated heterocycles. The number of benzene rings is 1. The molecule has 0 bridgehead atoms. The molecule has 0 fully saturated rings. The summed E-state index contributed by atoms with van der Waals surface area (Å²) < 4.78 is 13.1. The third kappa shape index (κ3) is 2.28. The second kappa shape index (κ2) is 4.03. The highest BCUT2D eigenvalue weighted by atomic mass is 19.1. The van der Waals surface area contributed by atoms with E-state index in [0.717, 1.165) is 5.56 Å². The van der Waals surface area contributed by atoms with Gasteiger partial charge in [-0.1, -0.05) is 12.1 Å². The van der Waals surface area contributed by atoms with E-state index in [0.29, 0.717) is 12.0 Å². The molecule has 0 heterocycles. The van der Waals surface area contributed by atoms with Crippen LogP contribution in [-0.4, -0.2) is 6.41 Å². The molecule has 70 valence electrons. The van der Waals surface area contributed by atoms with Crippen molar-refractivity contribution < 1.29 is 9.18 Å². The number of hydrogen-bond acceptors (Lipinski definition) is 1. The van der Waals surface area contributed by atoms with Gasteiger partial charge in [-0.15, -0.1) is 0 Å². The monoisotopic (exact) mass is 181 g/mol. The van der Waals surface area contributed by atoms with Crippen LogP contribution in [-0.2, 0) is 4.79 Å². The zero-order chi connectivity index (χ0) is 9.84. The Labute approximate surface area is 76.8 Å². The smallest absolute Gasteiger partial charge is 0.207 e. The number of carbonyl (C=O) groups is 1. The number of aryl methyl sites for hydroxylation is 1. The molecule has 13 heavy (non-hydrogen) atoms. The Hall–Kier alpha value is -1.38. The molecule has 0 aliphatic rings. The van der Waals surface area contributed by atoms with Gasteiger partial charge in [0.1, 0.15) is 5.82 Å². The van der Waals surface area contributed by atoms with Crippen molar-refractivity contribution in [3.63, 3.8) is 0 Å². The van der Waals surface area contributed by atoms with Crippen LogP contribution in [0.15, 0.2) is 18.2 Å².